The molecule has 38 heavy (non-hydrogen) atoms. The summed E-state index contributed by atoms with van der Waals surface area (Å²) in [7, 11) is 1.90. The van der Waals surface area contributed by atoms with Gasteiger partial charge < -0.3 is 24.1 Å². The summed E-state index contributed by atoms with van der Waals surface area (Å²) in [5, 5.41) is 10.1. The first-order valence-electron chi connectivity index (χ1n) is 11.6. The molecule has 12 heteroatoms. The summed E-state index contributed by atoms with van der Waals surface area (Å²) < 4.78 is 51.8. The van der Waals surface area contributed by atoms with Crippen molar-refractivity contribution < 1.29 is 32.5 Å². The van der Waals surface area contributed by atoms with E-state index in [1.54, 1.807) is 36.4 Å². The maximum Gasteiger partial charge on any atom is 0.220 e. The van der Waals surface area contributed by atoms with Gasteiger partial charge in [0.05, 0.1) is 32.9 Å². The topological polar surface area (TPSA) is 120 Å². The highest BCUT2D eigenvalue weighted by atomic mass is 79.9. The number of nitrogens with zero attached hydrogens (tertiary/aromatic N) is 3. The largest absolute Gasteiger partial charge is 0.497 e. The zero-order valence-corrected chi connectivity index (χ0v) is 24.5. The second-order valence-electron chi connectivity index (χ2n) is 8.68. The Labute approximate surface area is 231 Å². The summed E-state index contributed by atoms with van der Waals surface area (Å²) in [6.45, 7) is 2.72. The van der Waals surface area contributed by atoms with Crippen molar-refractivity contribution in [2.45, 2.75) is 37.8 Å². The Kier molecular flexibility index (Phi) is 9.58. The van der Waals surface area contributed by atoms with Gasteiger partial charge in [0.25, 0.3) is 0 Å². The average Bonchev–Trinajstić information content (AvgIpc) is 2.92. The van der Waals surface area contributed by atoms with Crippen molar-refractivity contribution in [3.63, 3.8) is 0 Å². The van der Waals surface area contributed by atoms with Crippen LogP contribution in [0.5, 0.6) is 23.0 Å². The highest BCUT2D eigenvalue weighted by Crippen LogP contribution is 2.34. The number of rotatable bonds is 12. The molecule has 206 valence electrons. The fourth-order valence-electron chi connectivity index (χ4n) is 3.85. The molecule has 0 aliphatic rings. The fourth-order valence-corrected chi connectivity index (χ4v) is 5.83. The van der Waals surface area contributed by atoms with Crippen LogP contribution in [-0.4, -0.2) is 61.5 Å². The first-order valence-corrected chi connectivity index (χ1v) is 13.9. The van der Waals surface area contributed by atoms with Gasteiger partial charge in [-0.2, -0.15) is 4.31 Å². The number of hydrogen-bond acceptors (Lipinski definition) is 9. The molecule has 1 aromatic heterocycles. The van der Waals surface area contributed by atoms with E-state index < -0.39 is 20.9 Å². The minimum absolute atomic E-state index is 0.0132. The minimum atomic E-state index is -4.18. The molecular formula is C26H32BrN3O7S. The van der Waals surface area contributed by atoms with Crippen molar-refractivity contribution in [2.24, 2.45) is 0 Å². The van der Waals surface area contributed by atoms with Crippen LogP contribution in [0, 0.1) is 0 Å². The van der Waals surface area contributed by atoms with Crippen LogP contribution in [0.1, 0.15) is 30.8 Å². The third-order valence-electron chi connectivity index (χ3n) is 6.35. The number of halogens is 1. The third kappa shape index (κ3) is 6.37. The second kappa shape index (κ2) is 12.3. The summed E-state index contributed by atoms with van der Waals surface area (Å²) in [5.74, 6) is 2.05. The number of methoxy groups -OCH3 is 4. The predicted molar refractivity (Wildman–Crippen MR) is 146 cm³/mol. The minimum Gasteiger partial charge on any atom is -0.497 e. The Bertz CT molecular complexity index is 1290. The molecule has 3 aromatic rings. The molecule has 2 aromatic carbocycles. The van der Waals surface area contributed by atoms with Crippen molar-refractivity contribution in [3.8, 4) is 23.0 Å². The summed E-state index contributed by atoms with van der Waals surface area (Å²) in [6.07, 6.45) is 2.91. The Morgan fingerprint density at radius 3 is 1.74 bits per heavy atom. The number of hydrogen-bond donors (Lipinski definition) is 1. The normalized spacial score (nSPS) is 14.0. The summed E-state index contributed by atoms with van der Waals surface area (Å²) >= 11 is 3.26. The monoisotopic (exact) mass is 609 g/mol. The lowest BCUT2D eigenvalue weighted by Gasteiger charge is -2.33. The summed E-state index contributed by atoms with van der Waals surface area (Å²) in [5.41, 5.74) is -0.682. The Balaban J connectivity index is 2.08. The molecule has 0 saturated carbocycles. The van der Waals surface area contributed by atoms with E-state index in [4.69, 9.17) is 18.9 Å². The number of ether oxygens (including phenoxy) is 4. The van der Waals surface area contributed by atoms with Gasteiger partial charge in [-0.05, 0) is 41.9 Å². The maximum atomic E-state index is 14.1. The first-order chi connectivity index (χ1) is 18.0. The molecule has 0 aliphatic carbocycles. The lowest BCUT2D eigenvalue weighted by Crippen LogP contribution is -2.47. The molecule has 0 amide bonds. The molecule has 3 rings (SSSR count). The van der Waals surface area contributed by atoms with Gasteiger partial charge in [0.15, 0.2) is 5.82 Å². The van der Waals surface area contributed by atoms with Gasteiger partial charge in [-0.3, -0.25) is 0 Å². The predicted octanol–water partition coefficient (Wildman–Crippen LogP) is 3.90. The number of benzene rings is 2. The SMILES string of the molecule is COc1ccc(CN(Cc2ccc(OC)cc2OC)S(=O)(=O)[C@H](C)[C@@](C)(O)c2ncc(Br)cn2)c(OC)c1. The first kappa shape index (κ1) is 29.6. The molecule has 0 radical (unpaired) electrons. The van der Waals surface area contributed by atoms with Gasteiger partial charge >= 0.3 is 0 Å². The van der Waals surface area contributed by atoms with Gasteiger partial charge in [-0.25, -0.2) is 18.4 Å². The van der Waals surface area contributed by atoms with E-state index >= 15 is 0 Å². The van der Waals surface area contributed by atoms with Gasteiger partial charge in [0.2, 0.25) is 10.0 Å². The third-order valence-corrected chi connectivity index (χ3v) is 9.09. The van der Waals surface area contributed by atoms with E-state index in [1.165, 1.54) is 59.0 Å². The molecule has 10 nitrogen and oxygen atoms in total. The molecule has 0 spiro atoms. The second-order valence-corrected chi connectivity index (χ2v) is 11.9. The van der Waals surface area contributed by atoms with E-state index in [2.05, 4.69) is 25.9 Å². The zero-order valence-electron chi connectivity index (χ0n) is 22.1. The van der Waals surface area contributed by atoms with E-state index in [0.717, 1.165) is 0 Å². The Hall–Kier alpha value is -2.93. The van der Waals surface area contributed by atoms with Crippen LogP contribution in [0.4, 0.5) is 0 Å². The highest BCUT2D eigenvalue weighted by molar-refractivity contribution is 9.10. The van der Waals surface area contributed by atoms with Crippen LogP contribution >= 0.6 is 15.9 Å². The van der Waals surface area contributed by atoms with Gasteiger partial charge in [-0.15, -0.1) is 0 Å². The summed E-state index contributed by atoms with van der Waals surface area (Å²) in [4.78, 5) is 8.29. The maximum absolute atomic E-state index is 14.1. The van der Waals surface area contributed by atoms with Crippen LogP contribution in [-0.2, 0) is 28.7 Å². The highest BCUT2D eigenvalue weighted by Gasteiger charge is 2.44. The van der Waals surface area contributed by atoms with Gasteiger partial charge in [-0.1, -0.05) is 12.1 Å². The fraction of sp³-hybridized carbons (Fsp3) is 0.385. The molecule has 1 heterocycles. The molecule has 0 saturated heterocycles. The average molecular weight is 611 g/mol. The number of aromatic nitrogens is 2. The molecule has 0 bridgehead atoms. The smallest absolute Gasteiger partial charge is 0.220 e. The molecule has 0 unspecified atom stereocenters. The van der Waals surface area contributed by atoms with Crippen molar-refractivity contribution in [2.75, 3.05) is 28.4 Å². The lowest BCUT2D eigenvalue weighted by atomic mass is 10.0. The van der Waals surface area contributed by atoms with Crippen LogP contribution in [0.2, 0.25) is 0 Å². The van der Waals surface area contributed by atoms with Crippen LogP contribution in [0.15, 0.2) is 53.3 Å². The van der Waals surface area contributed by atoms with Crippen molar-refractivity contribution in [1.29, 1.82) is 0 Å². The Morgan fingerprint density at radius 2 is 1.34 bits per heavy atom. The number of sulfonamides is 1. The molecule has 0 aliphatic heterocycles. The van der Waals surface area contributed by atoms with Crippen molar-refractivity contribution >= 4 is 26.0 Å². The molecule has 0 fully saturated rings. The van der Waals surface area contributed by atoms with Crippen LogP contribution < -0.4 is 18.9 Å². The van der Waals surface area contributed by atoms with E-state index in [1.807, 2.05) is 0 Å². The lowest BCUT2D eigenvalue weighted by molar-refractivity contribution is 0.0450. The van der Waals surface area contributed by atoms with Gasteiger partial charge in [0, 0.05) is 48.7 Å². The molecular weight excluding hydrogens is 578 g/mol. The van der Waals surface area contributed by atoms with E-state index in [0.29, 0.717) is 38.6 Å². The molecule has 1 N–H and O–H groups in total. The van der Waals surface area contributed by atoms with E-state index in [-0.39, 0.29) is 18.9 Å². The van der Waals surface area contributed by atoms with Crippen LogP contribution in [0.3, 0.4) is 0 Å². The van der Waals surface area contributed by atoms with Crippen LogP contribution in [0.25, 0.3) is 0 Å². The standard InChI is InChI=1S/C26H32BrN3O7S/c1-17(26(2,31)25-28-13-20(27)14-29-25)38(32,33)30(15-18-7-9-21(34-3)11-23(18)36-5)16-19-8-10-22(35-4)12-24(19)37-6/h7-14,17,31H,15-16H2,1-6H3/t17-,26-/m1/s1. The quantitative estimate of drug-likeness (QED) is 0.326. The Morgan fingerprint density at radius 1 is 0.895 bits per heavy atom. The van der Waals surface area contributed by atoms with Gasteiger partial charge in [0.1, 0.15) is 33.8 Å². The van der Waals surface area contributed by atoms with Crippen molar-refractivity contribution in [3.05, 3.63) is 70.2 Å². The van der Waals surface area contributed by atoms with E-state index in [9.17, 15) is 13.5 Å². The number of aliphatic hydroxyl groups is 1. The molecule has 2 atom stereocenters. The van der Waals surface area contributed by atoms with Crippen molar-refractivity contribution in [1.82, 2.24) is 14.3 Å². The summed E-state index contributed by atoms with van der Waals surface area (Å²) in [6, 6.07) is 10.3. The zero-order chi connectivity index (χ0) is 28.1.